The Bertz CT molecular complexity index is 937. The molecule has 0 aromatic heterocycles. The van der Waals surface area contributed by atoms with Gasteiger partial charge in [-0.05, 0) is 61.2 Å². The van der Waals surface area contributed by atoms with E-state index in [9.17, 15) is 9.59 Å². The van der Waals surface area contributed by atoms with Crippen LogP contribution in [0.1, 0.15) is 23.1 Å². The van der Waals surface area contributed by atoms with E-state index >= 15 is 0 Å². The Hall–Kier alpha value is -2.08. The minimum Gasteiger partial charge on any atom is -0.385 e. The Balaban J connectivity index is 2.01. The van der Waals surface area contributed by atoms with Gasteiger partial charge in [0.1, 0.15) is 0 Å². The van der Waals surface area contributed by atoms with E-state index in [1.807, 2.05) is 44.2 Å². The van der Waals surface area contributed by atoms with Gasteiger partial charge >= 0.3 is 0 Å². The smallest absolute Gasteiger partial charge is 0.268 e. The zero-order valence-corrected chi connectivity index (χ0v) is 17.7. The maximum atomic E-state index is 13.1. The van der Waals surface area contributed by atoms with Gasteiger partial charge in [-0.3, -0.25) is 14.5 Å². The summed E-state index contributed by atoms with van der Waals surface area (Å²) in [7, 11) is 1.61. The number of halogens is 1. The van der Waals surface area contributed by atoms with Crippen molar-refractivity contribution in [1.29, 1.82) is 0 Å². The first-order chi connectivity index (χ1) is 13.4. The zero-order valence-electron chi connectivity index (χ0n) is 16.1. The van der Waals surface area contributed by atoms with Crippen LogP contribution >= 0.6 is 23.4 Å². The maximum absolute atomic E-state index is 13.1. The summed E-state index contributed by atoms with van der Waals surface area (Å²) >= 11 is 7.27. The van der Waals surface area contributed by atoms with Crippen LogP contribution in [0.4, 0.5) is 0 Å². The Morgan fingerprint density at radius 1 is 1.00 bits per heavy atom. The number of hydrogen-bond donors (Lipinski definition) is 0. The fourth-order valence-corrected chi connectivity index (χ4v) is 4.13. The first kappa shape index (κ1) is 20.6. The van der Waals surface area contributed by atoms with Gasteiger partial charge in [0.05, 0.1) is 10.5 Å². The van der Waals surface area contributed by atoms with E-state index in [1.165, 1.54) is 16.7 Å². The highest BCUT2D eigenvalue weighted by Gasteiger charge is 2.39. The van der Waals surface area contributed by atoms with Crippen molar-refractivity contribution in [2.75, 3.05) is 20.3 Å². The molecule has 0 saturated heterocycles. The molecule has 146 valence electrons. The number of aryl methyl sites for hydroxylation is 2. The molecule has 4 nitrogen and oxygen atoms in total. The highest BCUT2D eigenvalue weighted by molar-refractivity contribution is 8.04. The van der Waals surface area contributed by atoms with E-state index in [2.05, 4.69) is 0 Å². The fraction of sp³-hybridized carbons (Fsp3) is 0.273. The molecule has 28 heavy (non-hydrogen) atoms. The molecule has 0 saturated carbocycles. The van der Waals surface area contributed by atoms with Gasteiger partial charge in [-0.25, -0.2) is 0 Å². The monoisotopic (exact) mass is 415 g/mol. The Morgan fingerprint density at radius 2 is 1.71 bits per heavy atom. The second kappa shape index (κ2) is 8.95. The van der Waals surface area contributed by atoms with Gasteiger partial charge in [-0.2, -0.15) is 0 Å². The SMILES string of the molecule is COCCCN1C(=O)C(Sc2ccc(Cl)cc2)=C(c2ccc(C)c(C)c2)C1=O. The van der Waals surface area contributed by atoms with E-state index < -0.39 is 0 Å². The minimum atomic E-state index is -0.255. The van der Waals surface area contributed by atoms with Crippen molar-refractivity contribution in [1.82, 2.24) is 4.90 Å². The number of methoxy groups -OCH3 is 1. The summed E-state index contributed by atoms with van der Waals surface area (Å²) < 4.78 is 5.07. The number of ether oxygens (including phenoxy) is 1. The molecule has 0 unspecified atom stereocenters. The average molecular weight is 416 g/mol. The average Bonchev–Trinajstić information content (AvgIpc) is 2.90. The summed E-state index contributed by atoms with van der Waals surface area (Å²) in [4.78, 5) is 28.8. The molecule has 2 amide bonds. The van der Waals surface area contributed by atoms with E-state index in [4.69, 9.17) is 16.3 Å². The Labute approximate surface area is 174 Å². The van der Waals surface area contributed by atoms with Crippen molar-refractivity contribution in [3.8, 4) is 0 Å². The molecule has 1 aliphatic rings. The third-order valence-corrected chi connectivity index (χ3v) is 6.03. The predicted octanol–water partition coefficient (Wildman–Crippen LogP) is 4.87. The molecule has 1 aliphatic heterocycles. The van der Waals surface area contributed by atoms with Crippen LogP contribution in [0.15, 0.2) is 52.3 Å². The molecule has 6 heteroatoms. The van der Waals surface area contributed by atoms with E-state index in [0.29, 0.717) is 35.1 Å². The normalized spacial score (nSPS) is 14.4. The number of carbonyl (C=O) groups excluding carboxylic acids is 2. The van der Waals surface area contributed by atoms with Crippen molar-refractivity contribution in [3.63, 3.8) is 0 Å². The summed E-state index contributed by atoms with van der Waals surface area (Å²) in [5.74, 6) is -0.505. The molecule has 0 N–H and O–H groups in total. The van der Waals surface area contributed by atoms with Gasteiger partial charge < -0.3 is 4.74 Å². The number of rotatable bonds is 7. The minimum absolute atomic E-state index is 0.249. The molecule has 0 atom stereocenters. The van der Waals surface area contributed by atoms with E-state index in [0.717, 1.165) is 21.6 Å². The van der Waals surface area contributed by atoms with E-state index in [1.54, 1.807) is 19.2 Å². The number of nitrogens with zero attached hydrogens (tertiary/aromatic N) is 1. The quantitative estimate of drug-likeness (QED) is 0.478. The number of thioether (sulfide) groups is 1. The van der Waals surface area contributed by atoms with Crippen molar-refractivity contribution >= 4 is 40.8 Å². The van der Waals surface area contributed by atoms with Crippen LogP contribution < -0.4 is 0 Å². The van der Waals surface area contributed by atoms with Crippen LogP contribution in [0.25, 0.3) is 5.57 Å². The molecule has 0 aliphatic carbocycles. The topological polar surface area (TPSA) is 46.6 Å². The summed E-state index contributed by atoms with van der Waals surface area (Å²) in [5.41, 5.74) is 3.46. The van der Waals surface area contributed by atoms with Gasteiger partial charge in [-0.1, -0.05) is 41.6 Å². The molecule has 1 heterocycles. The number of benzene rings is 2. The molecule has 2 aromatic rings. The number of amides is 2. The third kappa shape index (κ3) is 4.32. The van der Waals surface area contributed by atoms with E-state index in [-0.39, 0.29) is 11.8 Å². The molecule has 0 fully saturated rings. The standard InChI is InChI=1S/C22H22ClNO3S/c1-14-5-6-16(13-15(14)2)19-20(28-18-9-7-17(23)8-10-18)22(26)24(21(19)25)11-4-12-27-3/h5-10,13H,4,11-12H2,1-3H3. The van der Waals surface area contributed by atoms with Crippen LogP contribution in [0.5, 0.6) is 0 Å². The van der Waals surface area contributed by atoms with Gasteiger partial charge in [0.15, 0.2) is 0 Å². The van der Waals surface area contributed by atoms with Gasteiger partial charge in [-0.15, -0.1) is 0 Å². The summed E-state index contributed by atoms with van der Waals surface area (Å²) in [6.45, 7) is 4.86. The highest BCUT2D eigenvalue weighted by Crippen LogP contribution is 2.40. The van der Waals surface area contributed by atoms with Crippen LogP contribution in [-0.4, -0.2) is 37.0 Å². The maximum Gasteiger partial charge on any atom is 0.268 e. The van der Waals surface area contributed by atoms with Crippen LogP contribution in [-0.2, 0) is 14.3 Å². The molecular formula is C22H22ClNO3S. The Morgan fingerprint density at radius 3 is 2.36 bits per heavy atom. The summed E-state index contributed by atoms with van der Waals surface area (Å²) in [6, 6.07) is 13.1. The van der Waals surface area contributed by atoms with Crippen molar-refractivity contribution in [2.24, 2.45) is 0 Å². The molecule has 0 spiro atoms. The van der Waals surface area contributed by atoms with Gasteiger partial charge in [0.25, 0.3) is 11.8 Å². The molecule has 3 rings (SSSR count). The summed E-state index contributed by atoms with van der Waals surface area (Å²) in [6.07, 6.45) is 0.604. The first-order valence-electron chi connectivity index (χ1n) is 9.03. The lowest BCUT2D eigenvalue weighted by Crippen LogP contribution is -2.33. The lowest BCUT2D eigenvalue weighted by atomic mass is 10.0. The third-order valence-electron chi connectivity index (χ3n) is 4.68. The van der Waals surface area contributed by atoms with Crippen LogP contribution in [0.2, 0.25) is 5.02 Å². The van der Waals surface area contributed by atoms with Gasteiger partial charge in [0, 0.05) is 30.2 Å². The zero-order chi connectivity index (χ0) is 20.3. The Kier molecular flexibility index (Phi) is 6.60. The second-order valence-corrected chi connectivity index (χ2v) is 8.19. The number of carbonyl (C=O) groups is 2. The molecule has 2 aromatic carbocycles. The predicted molar refractivity (Wildman–Crippen MR) is 113 cm³/mol. The lowest BCUT2D eigenvalue weighted by Gasteiger charge is -2.14. The number of imide groups is 1. The summed E-state index contributed by atoms with van der Waals surface area (Å²) in [5, 5.41) is 0.628. The number of hydrogen-bond acceptors (Lipinski definition) is 4. The molecular weight excluding hydrogens is 394 g/mol. The van der Waals surface area contributed by atoms with Crippen LogP contribution in [0.3, 0.4) is 0 Å². The highest BCUT2D eigenvalue weighted by atomic mass is 35.5. The second-order valence-electron chi connectivity index (χ2n) is 6.67. The first-order valence-corrected chi connectivity index (χ1v) is 10.2. The van der Waals surface area contributed by atoms with Crippen LogP contribution in [0, 0.1) is 13.8 Å². The molecule has 0 radical (unpaired) electrons. The fourth-order valence-electron chi connectivity index (χ4n) is 2.99. The largest absolute Gasteiger partial charge is 0.385 e. The van der Waals surface area contributed by atoms with Crippen molar-refractivity contribution < 1.29 is 14.3 Å². The van der Waals surface area contributed by atoms with Gasteiger partial charge in [0.2, 0.25) is 0 Å². The lowest BCUT2D eigenvalue weighted by molar-refractivity contribution is -0.136. The van der Waals surface area contributed by atoms with Crippen molar-refractivity contribution in [3.05, 3.63) is 69.1 Å². The van der Waals surface area contributed by atoms with Crippen molar-refractivity contribution in [2.45, 2.75) is 25.2 Å². The molecule has 0 bridgehead atoms.